The third-order valence-electron chi connectivity index (χ3n) is 2.37. The van der Waals surface area contributed by atoms with Crippen LogP contribution in [0, 0.1) is 0 Å². The molecule has 1 heterocycles. The van der Waals surface area contributed by atoms with Crippen LogP contribution in [-0.4, -0.2) is 58.0 Å². The molecule has 0 aliphatic carbocycles. The predicted molar refractivity (Wildman–Crippen MR) is 60.1 cm³/mol. The van der Waals surface area contributed by atoms with Gasteiger partial charge in [-0.15, -0.1) is 0 Å². The Balaban J connectivity index is 2.32. The maximum absolute atomic E-state index is 11.3. The molecule has 7 nitrogen and oxygen atoms in total. The van der Waals surface area contributed by atoms with Crippen molar-refractivity contribution < 1.29 is 22.7 Å². The lowest BCUT2D eigenvalue weighted by atomic mass is 10.2. The van der Waals surface area contributed by atoms with E-state index in [1.807, 2.05) is 0 Å². The van der Waals surface area contributed by atoms with Gasteiger partial charge in [0.05, 0.1) is 18.1 Å². The first kappa shape index (κ1) is 13.9. The second kappa shape index (κ2) is 5.97. The van der Waals surface area contributed by atoms with Gasteiger partial charge in [0.15, 0.2) is 9.84 Å². The lowest BCUT2D eigenvalue weighted by Crippen LogP contribution is -2.45. The molecule has 0 saturated carbocycles. The number of amides is 2. The van der Waals surface area contributed by atoms with Gasteiger partial charge < -0.3 is 15.4 Å². The van der Waals surface area contributed by atoms with Crippen LogP contribution in [0.15, 0.2) is 0 Å². The molecule has 2 N–H and O–H groups in total. The quantitative estimate of drug-likeness (QED) is 0.454. The number of sulfone groups is 1. The third kappa shape index (κ3) is 4.70. The molecular formula is C9H16N2O5S. The van der Waals surface area contributed by atoms with Crippen LogP contribution in [0.2, 0.25) is 0 Å². The average Bonchev–Trinajstić information content (AvgIpc) is 2.58. The number of carbonyl (C=O) groups excluding carboxylic acids is 2. The first-order valence-corrected chi connectivity index (χ1v) is 7.05. The molecule has 0 spiro atoms. The van der Waals surface area contributed by atoms with Crippen molar-refractivity contribution in [2.75, 3.05) is 31.8 Å². The van der Waals surface area contributed by atoms with Crippen LogP contribution < -0.4 is 10.6 Å². The van der Waals surface area contributed by atoms with Crippen molar-refractivity contribution in [1.29, 1.82) is 0 Å². The van der Waals surface area contributed by atoms with Gasteiger partial charge in [-0.3, -0.25) is 9.59 Å². The molecule has 1 unspecified atom stereocenters. The first-order chi connectivity index (χ1) is 7.94. The number of nitrogens with one attached hydrogen (secondary N) is 2. The summed E-state index contributed by atoms with van der Waals surface area (Å²) >= 11 is 0. The van der Waals surface area contributed by atoms with E-state index in [1.54, 1.807) is 0 Å². The highest BCUT2D eigenvalue weighted by Crippen LogP contribution is 2.10. The largest absolute Gasteiger partial charge is 0.383 e. The Labute approximate surface area is 99.8 Å². The predicted octanol–water partition coefficient (Wildman–Crippen LogP) is -1.95. The zero-order valence-electron chi connectivity index (χ0n) is 9.56. The summed E-state index contributed by atoms with van der Waals surface area (Å²) in [5, 5.41) is 4.74. The van der Waals surface area contributed by atoms with Gasteiger partial charge >= 0.3 is 11.8 Å². The van der Waals surface area contributed by atoms with Gasteiger partial charge in [0.1, 0.15) is 0 Å². The van der Waals surface area contributed by atoms with Crippen LogP contribution in [0.1, 0.15) is 6.42 Å². The zero-order chi connectivity index (χ0) is 12.9. The fraction of sp³-hybridized carbons (Fsp3) is 0.778. The van der Waals surface area contributed by atoms with Crippen molar-refractivity contribution in [1.82, 2.24) is 10.6 Å². The van der Waals surface area contributed by atoms with Crippen molar-refractivity contribution in [2.24, 2.45) is 0 Å². The number of ether oxygens (including phenoxy) is 1. The van der Waals surface area contributed by atoms with E-state index in [1.165, 1.54) is 7.11 Å². The lowest BCUT2D eigenvalue weighted by Gasteiger charge is -2.10. The SMILES string of the molecule is COCCNC(=O)C(=O)NC1CCS(=O)(=O)C1. The summed E-state index contributed by atoms with van der Waals surface area (Å²) in [7, 11) is -1.57. The summed E-state index contributed by atoms with van der Waals surface area (Å²) in [6.07, 6.45) is 0.361. The summed E-state index contributed by atoms with van der Waals surface area (Å²) in [4.78, 5) is 22.6. The highest BCUT2D eigenvalue weighted by atomic mass is 32.2. The third-order valence-corrected chi connectivity index (χ3v) is 4.13. The molecule has 8 heteroatoms. The van der Waals surface area contributed by atoms with Crippen molar-refractivity contribution in [3.63, 3.8) is 0 Å². The van der Waals surface area contributed by atoms with E-state index in [2.05, 4.69) is 10.6 Å². The van der Waals surface area contributed by atoms with E-state index < -0.39 is 27.7 Å². The minimum atomic E-state index is -3.05. The Morgan fingerprint density at radius 1 is 1.35 bits per heavy atom. The molecule has 0 bridgehead atoms. The Hall–Kier alpha value is -1.15. The Morgan fingerprint density at radius 3 is 2.59 bits per heavy atom. The highest BCUT2D eigenvalue weighted by molar-refractivity contribution is 7.91. The summed E-state index contributed by atoms with van der Waals surface area (Å²) in [5.41, 5.74) is 0. The topological polar surface area (TPSA) is 102 Å². The van der Waals surface area contributed by atoms with Crippen LogP contribution in [-0.2, 0) is 24.2 Å². The van der Waals surface area contributed by atoms with E-state index in [9.17, 15) is 18.0 Å². The number of rotatable bonds is 4. The highest BCUT2D eigenvalue weighted by Gasteiger charge is 2.30. The molecule has 1 aliphatic heterocycles. The van der Waals surface area contributed by atoms with Gasteiger partial charge in [-0.05, 0) is 6.42 Å². The van der Waals surface area contributed by atoms with Gasteiger partial charge in [-0.25, -0.2) is 8.42 Å². The molecular weight excluding hydrogens is 248 g/mol. The smallest absolute Gasteiger partial charge is 0.309 e. The normalized spacial score (nSPS) is 22.1. The molecule has 0 radical (unpaired) electrons. The molecule has 98 valence electrons. The molecule has 1 atom stereocenters. The van der Waals surface area contributed by atoms with E-state index in [0.29, 0.717) is 13.0 Å². The second-order valence-electron chi connectivity index (χ2n) is 3.82. The number of hydrogen-bond acceptors (Lipinski definition) is 5. The van der Waals surface area contributed by atoms with Crippen LogP contribution in [0.4, 0.5) is 0 Å². The van der Waals surface area contributed by atoms with Crippen LogP contribution >= 0.6 is 0 Å². The fourth-order valence-corrected chi connectivity index (χ4v) is 3.18. The molecule has 1 rings (SSSR count). The van der Waals surface area contributed by atoms with Gasteiger partial charge in [0, 0.05) is 19.7 Å². The van der Waals surface area contributed by atoms with Crippen molar-refractivity contribution >= 4 is 21.7 Å². The number of methoxy groups -OCH3 is 1. The minimum absolute atomic E-state index is 0.0588. The van der Waals surface area contributed by atoms with Crippen molar-refractivity contribution in [2.45, 2.75) is 12.5 Å². The molecule has 0 aromatic rings. The lowest BCUT2D eigenvalue weighted by molar-refractivity contribution is -0.139. The standard InChI is InChI=1S/C9H16N2O5S/c1-16-4-3-10-8(12)9(13)11-7-2-5-17(14,15)6-7/h7H,2-6H2,1H3,(H,10,12)(H,11,13). The maximum atomic E-state index is 11.3. The van der Waals surface area contributed by atoms with Crippen LogP contribution in [0.5, 0.6) is 0 Å². The van der Waals surface area contributed by atoms with Crippen LogP contribution in [0.3, 0.4) is 0 Å². The Kier molecular flexibility index (Phi) is 4.88. The maximum Gasteiger partial charge on any atom is 0.309 e. The molecule has 0 aromatic heterocycles. The molecule has 1 saturated heterocycles. The first-order valence-electron chi connectivity index (χ1n) is 5.22. The second-order valence-corrected chi connectivity index (χ2v) is 6.05. The average molecular weight is 264 g/mol. The number of carbonyl (C=O) groups is 2. The summed E-state index contributed by atoms with van der Waals surface area (Å²) in [6, 6.07) is -0.458. The number of hydrogen-bond donors (Lipinski definition) is 2. The molecule has 1 fully saturated rings. The Morgan fingerprint density at radius 2 is 2.06 bits per heavy atom. The zero-order valence-corrected chi connectivity index (χ0v) is 10.4. The minimum Gasteiger partial charge on any atom is -0.383 e. The van der Waals surface area contributed by atoms with E-state index in [0.717, 1.165) is 0 Å². The monoisotopic (exact) mass is 264 g/mol. The molecule has 1 aliphatic rings. The fourth-order valence-electron chi connectivity index (χ4n) is 1.51. The van der Waals surface area contributed by atoms with Crippen molar-refractivity contribution in [3.8, 4) is 0 Å². The molecule has 2 amide bonds. The van der Waals surface area contributed by atoms with E-state index in [4.69, 9.17) is 4.74 Å². The Bertz CT molecular complexity index is 392. The van der Waals surface area contributed by atoms with Crippen LogP contribution in [0.25, 0.3) is 0 Å². The molecule has 17 heavy (non-hydrogen) atoms. The van der Waals surface area contributed by atoms with Gasteiger partial charge in [0.2, 0.25) is 0 Å². The summed E-state index contributed by atoms with van der Waals surface area (Å²) in [6.45, 7) is 0.558. The van der Waals surface area contributed by atoms with E-state index in [-0.39, 0.29) is 18.1 Å². The van der Waals surface area contributed by atoms with Gasteiger partial charge in [-0.1, -0.05) is 0 Å². The van der Waals surface area contributed by atoms with Gasteiger partial charge in [0.25, 0.3) is 0 Å². The summed E-state index contributed by atoms with van der Waals surface area (Å²) in [5.74, 6) is -1.61. The van der Waals surface area contributed by atoms with E-state index >= 15 is 0 Å². The molecule has 0 aromatic carbocycles. The van der Waals surface area contributed by atoms with Crippen molar-refractivity contribution in [3.05, 3.63) is 0 Å². The van der Waals surface area contributed by atoms with Gasteiger partial charge in [-0.2, -0.15) is 0 Å². The summed E-state index contributed by atoms with van der Waals surface area (Å²) < 4.78 is 27.0.